The van der Waals surface area contributed by atoms with Gasteiger partial charge in [0.1, 0.15) is 0 Å². The molecule has 0 spiro atoms. The second-order valence-corrected chi connectivity index (χ2v) is 3.32. The van der Waals surface area contributed by atoms with Gasteiger partial charge in [0, 0.05) is 5.69 Å². The van der Waals surface area contributed by atoms with Crippen LogP contribution in [-0.4, -0.2) is 20.9 Å². The first-order valence-electron chi connectivity index (χ1n) is 4.25. The maximum atomic E-state index is 10.5. The van der Waals surface area contributed by atoms with Gasteiger partial charge in [-0.3, -0.25) is 9.48 Å². The summed E-state index contributed by atoms with van der Waals surface area (Å²) in [7, 11) is 0. The highest BCUT2D eigenvalue weighted by Gasteiger charge is 2.12. The van der Waals surface area contributed by atoms with Crippen molar-refractivity contribution in [3.63, 3.8) is 0 Å². The number of rotatable bonds is 3. The number of aryl methyl sites for hydroxylation is 2. The molecule has 0 aliphatic rings. The van der Waals surface area contributed by atoms with Gasteiger partial charge in [-0.25, -0.2) is 0 Å². The van der Waals surface area contributed by atoms with E-state index in [-0.39, 0.29) is 12.5 Å². The van der Waals surface area contributed by atoms with E-state index in [9.17, 15) is 4.79 Å². The summed E-state index contributed by atoms with van der Waals surface area (Å²) < 4.78 is 1.75. The first kappa shape index (κ1) is 9.77. The zero-order chi connectivity index (χ0) is 10.0. The lowest BCUT2D eigenvalue weighted by molar-refractivity contribution is -0.137. The van der Waals surface area contributed by atoms with Crippen LogP contribution in [0.4, 0.5) is 0 Å². The average Bonchev–Trinajstić information content (AvgIpc) is 2.28. The van der Waals surface area contributed by atoms with Gasteiger partial charge in [-0.1, -0.05) is 0 Å². The molecule has 1 aromatic rings. The molecule has 72 valence electrons. The van der Waals surface area contributed by atoms with Crippen LogP contribution in [0.3, 0.4) is 0 Å². The molecule has 0 bridgehead atoms. The Morgan fingerprint density at radius 3 is 2.69 bits per heavy atom. The molecule has 1 rings (SSSR count). The number of carboxylic acid groups (broad SMARTS) is 1. The highest BCUT2D eigenvalue weighted by Crippen LogP contribution is 2.13. The Labute approximate surface area is 77.2 Å². The fourth-order valence-electron chi connectivity index (χ4n) is 1.43. The molecule has 13 heavy (non-hydrogen) atoms. The summed E-state index contributed by atoms with van der Waals surface area (Å²) in [4.78, 5) is 10.5. The molecular weight excluding hydrogens is 168 g/mol. The number of nitrogens with zero attached hydrogens (tertiary/aromatic N) is 2. The van der Waals surface area contributed by atoms with Crippen LogP contribution < -0.4 is 0 Å². The van der Waals surface area contributed by atoms with Crippen LogP contribution in [-0.2, 0) is 4.79 Å². The van der Waals surface area contributed by atoms with E-state index in [2.05, 4.69) is 5.10 Å². The highest BCUT2D eigenvalue weighted by atomic mass is 16.4. The molecule has 4 nitrogen and oxygen atoms in total. The molecule has 0 aliphatic carbocycles. The van der Waals surface area contributed by atoms with E-state index in [1.54, 1.807) is 4.68 Å². The number of hydrogen-bond donors (Lipinski definition) is 1. The molecule has 0 amide bonds. The van der Waals surface area contributed by atoms with Gasteiger partial charge in [-0.2, -0.15) is 5.10 Å². The van der Waals surface area contributed by atoms with Crippen LogP contribution in [0, 0.1) is 13.8 Å². The van der Waals surface area contributed by atoms with Crippen LogP contribution in [0.2, 0.25) is 0 Å². The van der Waals surface area contributed by atoms with E-state index >= 15 is 0 Å². The van der Waals surface area contributed by atoms with Crippen molar-refractivity contribution in [3.8, 4) is 0 Å². The third kappa shape index (κ3) is 2.31. The molecule has 1 N–H and O–H groups in total. The van der Waals surface area contributed by atoms with Crippen LogP contribution in [0.5, 0.6) is 0 Å². The minimum atomic E-state index is -0.792. The maximum absolute atomic E-state index is 10.5. The van der Waals surface area contributed by atoms with Crippen LogP contribution in [0.15, 0.2) is 6.07 Å². The molecule has 1 aromatic heterocycles. The van der Waals surface area contributed by atoms with E-state index in [1.165, 1.54) is 0 Å². The van der Waals surface area contributed by atoms with Crippen molar-refractivity contribution >= 4 is 5.97 Å². The summed E-state index contributed by atoms with van der Waals surface area (Å²) >= 11 is 0. The topological polar surface area (TPSA) is 55.1 Å². The lowest BCUT2D eigenvalue weighted by atomic mass is 10.2. The van der Waals surface area contributed by atoms with Gasteiger partial charge in [0.05, 0.1) is 18.2 Å². The van der Waals surface area contributed by atoms with Crippen molar-refractivity contribution in [1.29, 1.82) is 0 Å². The monoisotopic (exact) mass is 182 g/mol. The van der Waals surface area contributed by atoms with Gasteiger partial charge in [0.2, 0.25) is 0 Å². The molecule has 4 heteroatoms. The third-order valence-corrected chi connectivity index (χ3v) is 1.93. The second kappa shape index (κ2) is 3.60. The maximum Gasteiger partial charge on any atom is 0.305 e. The Kier molecular flexibility index (Phi) is 2.70. The summed E-state index contributed by atoms with van der Waals surface area (Å²) in [5.74, 6) is -0.792. The Balaban J connectivity index is 2.81. The summed E-state index contributed by atoms with van der Waals surface area (Å²) in [5.41, 5.74) is 1.93. The summed E-state index contributed by atoms with van der Waals surface area (Å²) in [5, 5.41) is 12.8. The molecule has 0 saturated carbocycles. The van der Waals surface area contributed by atoms with E-state index in [4.69, 9.17) is 5.11 Å². The van der Waals surface area contributed by atoms with E-state index in [0.29, 0.717) is 0 Å². The van der Waals surface area contributed by atoms with Crippen LogP contribution in [0.1, 0.15) is 30.8 Å². The van der Waals surface area contributed by atoms with Gasteiger partial charge in [0.15, 0.2) is 0 Å². The highest BCUT2D eigenvalue weighted by molar-refractivity contribution is 5.67. The lowest BCUT2D eigenvalue weighted by Gasteiger charge is -2.11. The van der Waals surface area contributed by atoms with Gasteiger partial charge >= 0.3 is 5.97 Å². The first-order valence-corrected chi connectivity index (χ1v) is 4.25. The Morgan fingerprint density at radius 1 is 1.69 bits per heavy atom. The number of carbonyl (C=O) groups is 1. The number of hydrogen-bond acceptors (Lipinski definition) is 2. The van der Waals surface area contributed by atoms with Crippen LogP contribution >= 0.6 is 0 Å². The minimum Gasteiger partial charge on any atom is -0.481 e. The molecule has 0 radical (unpaired) electrons. The van der Waals surface area contributed by atoms with E-state index < -0.39 is 5.97 Å². The standard InChI is InChI=1S/C9H14N2O2/c1-6-4-7(2)11(10-6)8(3)5-9(12)13/h4,8H,5H2,1-3H3,(H,12,13)/t8-/m0/s1. The molecule has 1 atom stereocenters. The zero-order valence-electron chi connectivity index (χ0n) is 8.11. The second-order valence-electron chi connectivity index (χ2n) is 3.32. The van der Waals surface area contributed by atoms with E-state index in [0.717, 1.165) is 11.4 Å². The largest absolute Gasteiger partial charge is 0.481 e. The first-order chi connectivity index (χ1) is 6.00. The van der Waals surface area contributed by atoms with Crippen molar-refractivity contribution in [2.45, 2.75) is 33.2 Å². The van der Waals surface area contributed by atoms with E-state index in [1.807, 2.05) is 26.8 Å². The van der Waals surface area contributed by atoms with Crippen molar-refractivity contribution < 1.29 is 9.90 Å². The molecule has 0 unspecified atom stereocenters. The number of aromatic nitrogens is 2. The van der Waals surface area contributed by atoms with Crippen molar-refractivity contribution in [2.75, 3.05) is 0 Å². The van der Waals surface area contributed by atoms with Gasteiger partial charge in [0.25, 0.3) is 0 Å². The Bertz CT molecular complexity index is 317. The van der Waals surface area contributed by atoms with Gasteiger partial charge in [-0.15, -0.1) is 0 Å². The smallest absolute Gasteiger partial charge is 0.305 e. The van der Waals surface area contributed by atoms with Crippen molar-refractivity contribution in [2.24, 2.45) is 0 Å². The van der Waals surface area contributed by atoms with Gasteiger partial charge < -0.3 is 5.11 Å². The van der Waals surface area contributed by atoms with Crippen molar-refractivity contribution in [3.05, 3.63) is 17.5 Å². The Morgan fingerprint density at radius 2 is 2.31 bits per heavy atom. The van der Waals surface area contributed by atoms with Crippen LogP contribution in [0.25, 0.3) is 0 Å². The fourth-order valence-corrected chi connectivity index (χ4v) is 1.43. The molecule has 0 saturated heterocycles. The number of aliphatic carboxylic acids is 1. The fraction of sp³-hybridized carbons (Fsp3) is 0.556. The zero-order valence-corrected chi connectivity index (χ0v) is 8.11. The van der Waals surface area contributed by atoms with Crippen molar-refractivity contribution in [1.82, 2.24) is 9.78 Å². The normalized spacial score (nSPS) is 12.8. The molecule has 0 fully saturated rings. The molecular formula is C9H14N2O2. The summed E-state index contributed by atoms with van der Waals surface area (Å²) in [6.45, 7) is 5.68. The molecule has 0 aromatic carbocycles. The number of carboxylic acids is 1. The summed E-state index contributed by atoms with van der Waals surface area (Å²) in [6.07, 6.45) is 0.113. The quantitative estimate of drug-likeness (QED) is 0.771. The van der Waals surface area contributed by atoms with Gasteiger partial charge in [-0.05, 0) is 26.8 Å². The third-order valence-electron chi connectivity index (χ3n) is 1.93. The lowest BCUT2D eigenvalue weighted by Crippen LogP contribution is -2.13. The predicted molar refractivity (Wildman–Crippen MR) is 48.7 cm³/mol. The molecule has 0 aliphatic heterocycles. The average molecular weight is 182 g/mol. The summed E-state index contributed by atoms with van der Waals surface area (Å²) in [6, 6.07) is 1.87. The predicted octanol–water partition coefficient (Wildman–Crippen LogP) is 1.54. The minimum absolute atomic E-state index is 0.0776. The molecule has 1 heterocycles. The SMILES string of the molecule is Cc1cc(C)n([C@@H](C)CC(=O)O)n1. The Hall–Kier alpha value is -1.32.